The molecule has 0 fully saturated rings. The Balaban J connectivity index is 1.89. The number of hydrogen-bond acceptors (Lipinski definition) is 3. The molecule has 26 heavy (non-hydrogen) atoms. The van der Waals surface area contributed by atoms with E-state index < -0.39 is 18.4 Å². The van der Waals surface area contributed by atoms with Crippen molar-refractivity contribution in [1.29, 1.82) is 0 Å². The maximum atomic E-state index is 12.6. The highest BCUT2D eigenvalue weighted by molar-refractivity contribution is 6.13. The molecule has 0 radical (unpaired) electrons. The third kappa shape index (κ3) is 5.71. The average molecular weight is 365 g/mol. The van der Waals surface area contributed by atoms with Gasteiger partial charge in [0.2, 0.25) is 0 Å². The average Bonchev–Trinajstić information content (AvgIpc) is 3.10. The monoisotopic (exact) mass is 365 g/mol. The van der Waals surface area contributed by atoms with Gasteiger partial charge in [-0.05, 0) is 17.9 Å². The van der Waals surface area contributed by atoms with E-state index in [0.29, 0.717) is 11.5 Å². The van der Waals surface area contributed by atoms with E-state index in [0.717, 1.165) is 17.8 Å². The quantitative estimate of drug-likeness (QED) is 0.598. The maximum Gasteiger partial charge on any atom is 0.431 e. The fraction of sp³-hybridized carbons (Fsp3) is 0.500. The molecule has 1 aliphatic heterocycles. The van der Waals surface area contributed by atoms with Crippen molar-refractivity contribution in [3.05, 3.63) is 42.0 Å². The van der Waals surface area contributed by atoms with Crippen LogP contribution in [0, 0.1) is 5.92 Å². The van der Waals surface area contributed by atoms with Crippen molar-refractivity contribution >= 4 is 17.2 Å². The van der Waals surface area contributed by atoms with Crippen LogP contribution in [0.5, 0.6) is 0 Å². The second-order valence-electron chi connectivity index (χ2n) is 6.73. The van der Waals surface area contributed by atoms with E-state index in [-0.39, 0.29) is 5.84 Å². The Morgan fingerprint density at radius 3 is 2.50 bits per heavy atom. The molecule has 1 aliphatic rings. The molecular weight excluding hydrogens is 339 g/mol. The number of benzene rings is 1. The molecule has 3 nitrogen and oxygen atoms in total. The number of unbranched alkanes of at least 4 members (excludes halogenated alkanes) is 2. The summed E-state index contributed by atoms with van der Waals surface area (Å²) < 4.78 is 37.9. The summed E-state index contributed by atoms with van der Waals surface area (Å²) in [6, 6.07) is 7.12. The van der Waals surface area contributed by atoms with Crippen LogP contribution in [0.15, 0.2) is 40.8 Å². The Labute approximate surface area is 153 Å². The van der Waals surface area contributed by atoms with Gasteiger partial charge in [0.1, 0.15) is 5.71 Å². The Bertz CT molecular complexity index is 673. The molecule has 0 aromatic heterocycles. The highest BCUT2D eigenvalue weighted by atomic mass is 19.4. The zero-order valence-electron chi connectivity index (χ0n) is 15.4. The minimum atomic E-state index is -4.42. The number of nitrogens with zero attached hydrogens (tertiary/aromatic N) is 2. The first-order valence-corrected chi connectivity index (χ1v) is 9.04. The highest BCUT2D eigenvalue weighted by Crippen LogP contribution is 2.22. The molecule has 6 heteroatoms. The van der Waals surface area contributed by atoms with E-state index in [2.05, 4.69) is 35.7 Å². The molecule has 0 saturated carbocycles. The summed E-state index contributed by atoms with van der Waals surface area (Å²) in [5.74, 6) is 0.701. The van der Waals surface area contributed by atoms with Gasteiger partial charge in [-0.25, -0.2) is 4.99 Å². The second-order valence-corrected chi connectivity index (χ2v) is 6.73. The molecule has 0 bridgehead atoms. The Morgan fingerprint density at radius 2 is 1.92 bits per heavy atom. The Kier molecular flexibility index (Phi) is 7.00. The zero-order chi connectivity index (χ0) is 19.2. The molecule has 1 aromatic carbocycles. The standard InChI is InChI=1S/C20H26F3N3/c1-4-5-6-7-14(2)12-24-15(3)16-8-10-17(11-9-16)19-25-13-18(26-19)20(21,22)23/h8-11,14,24H,3-7,12-13H2,1-2H3. The van der Waals surface area contributed by atoms with Crippen LogP contribution in [0.3, 0.4) is 0 Å². The fourth-order valence-electron chi connectivity index (χ4n) is 2.72. The number of hydrogen-bond donors (Lipinski definition) is 1. The van der Waals surface area contributed by atoms with Crippen LogP contribution in [-0.2, 0) is 0 Å². The third-order valence-electron chi connectivity index (χ3n) is 4.40. The summed E-state index contributed by atoms with van der Waals surface area (Å²) in [5.41, 5.74) is 1.45. The first-order valence-electron chi connectivity index (χ1n) is 9.04. The van der Waals surface area contributed by atoms with Crippen molar-refractivity contribution in [3.8, 4) is 0 Å². The van der Waals surface area contributed by atoms with Crippen LogP contribution in [0.1, 0.15) is 50.7 Å². The van der Waals surface area contributed by atoms with Crippen LogP contribution in [0.25, 0.3) is 5.70 Å². The molecular formula is C20H26F3N3. The molecule has 0 amide bonds. The molecule has 1 N–H and O–H groups in total. The first-order chi connectivity index (χ1) is 12.3. The molecule has 1 atom stereocenters. The molecule has 1 unspecified atom stereocenters. The molecule has 0 spiro atoms. The predicted molar refractivity (Wildman–Crippen MR) is 102 cm³/mol. The van der Waals surface area contributed by atoms with Gasteiger partial charge < -0.3 is 5.32 Å². The van der Waals surface area contributed by atoms with Gasteiger partial charge in [-0.3, -0.25) is 4.99 Å². The summed E-state index contributed by atoms with van der Waals surface area (Å²) in [7, 11) is 0. The maximum absolute atomic E-state index is 12.6. The molecule has 142 valence electrons. The molecule has 1 heterocycles. The van der Waals surface area contributed by atoms with E-state index in [1.54, 1.807) is 12.1 Å². The normalized spacial score (nSPS) is 15.4. The van der Waals surface area contributed by atoms with Crippen molar-refractivity contribution in [1.82, 2.24) is 5.32 Å². The topological polar surface area (TPSA) is 36.8 Å². The predicted octanol–water partition coefficient (Wildman–Crippen LogP) is 5.23. The van der Waals surface area contributed by atoms with Gasteiger partial charge in [-0.1, -0.05) is 64.0 Å². The summed E-state index contributed by atoms with van der Waals surface area (Å²) in [6.45, 7) is 8.90. The van der Waals surface area contributed by atoms with Gasteiger partial charge in [0.15, 0.2) is 5.84 Å². The number of halogens is 3. The number of aliphatic imine (C=N–C) groups is 2. The van der Waals surface area contributed by atoms with Crippen LogP contribution >= 0.6 is 0 Å². The lowest BCUT2D eigenvalue weighted by molar-refractivity contribution is -0.0592. The van der Waals surface area contributed by atoms with E-state index in [1.165, 1.54) is 25.7 Å². The molecule has 2 rings (SSSR count). The van der Waals surface area contributed by atoms with Gasteiger partial charge in [0.05, 0.1) is 6.54 Å². The van der Waals surface area contributed by atoms with Gasteiger partial charge in [0.25, 0.3) is 0 Å². The summed E-state index contributed by atoms with van der Waals surface area (Å²) in [6.07, 6.45) is 0.487. The molecule has 0 saturated heterocycles. The van der Waals surface area contributed by atoms with Crippen LogP contribution in [0.2, 0.25) is 0 Å². The van der Waals surface area contributed by atoms with Crippen molar-refractivity contribution < 1.29 is 13.2 Å². The summed E-state index contributed by atoms with van der Waals surface area (Å²) in [4.78, 5) is 7.48. The molecule has 1 aromatic rings. The summed E-state index contributed by atoms with van der Waals surface area (Å²) >= 11 is 0. The SMILES string of the molecule is C=C(NCC(C)CCCCC)c1ccc(C2=NCC(C(F)(F)F)=N2)cc1. The highest BCUT2D eigenvalue weighted by Gasteiger charge is 2.37. The lowest BCUT2D eigenvalue weighted by Gasteiger charge is -2.15. The van der Waals surface area contributed by atoms with Crippen molar-refractivity contribution in [3.63, 3.8) is 0 Å². The van der Waals surface area contributed by atoms with E-state index in [9.17, 15) is 13.2 Å². The third-order valence-corrected chi connectivity index (χ3v) is 4.40. The van der Waals surface area contributed by atoms with Crippen LogP contribution in [0.4, 0.5) is 13.2 Å². The van der Waals surface area contributed by atoms with E-state index >= 15 is 0 Å². The lowest BCUT2D eigenvalue weighted by Crippen LogP contribution is -2.23. The van der Waals surface area contributed by atoms with Crippen molar-refractivity contribution in [2.45, 2.75) is 45.7 Å². The Hall–Kier alpha value is -2.11. The largest absolute Gasteiger partial charge is 0.431 e. The number of amidine groups is 1. The zero-order valence-corrected chi connectivity index (χ0v) is 15.4. The smallest absolute Gasteiger partial charge is 0.385 e. The van der Waals surface area contributed by atoms with Crippen molar-refractivity contribution in [2.24, 2.45) is 15.9 Å². The first kappa shape index (κ1) is 20.2. The second kappa shape index (κ2) is 9.01. The van der Waals surface area contributed by atoms with Crippen molar-refractivity contribution in [2.75, 3.05) is 13.1 Å². The van der Waals surface area contributed by atoms with Gasteiger partial charge in [0, 0.05) is 17.8 Å². The summed E-state index contributed by atoms with van der Waals surface area (Å²) in [5, 5.41) is 3.34. The number of alkyl halides is 3. The number of rotatable bonds is 9. The minimum absolute atomic E-state index is 0.131. The number of nitrogens with one attached hydrogen (secondary N) is 1. The Morgan fingerprint density at radius 1 is 1.23 bits per heavy atom. The van der Waals surface area contributed by atoms with Gasteiger partial charge in [-0.2, -0.15) is 13.2 Å². The van der Waals surface area contributed by atoms with E-state index in [1.807, 2.05) is 12.1 Å². The van der Waals surface area contributed by atoms with E-state index in [4.69, 9.17) is 0 Å². The van der Waals surface area contributed by atoms with Crippen LogP contribution in [-0.4, -0.2) is 30.8 Å². The lowest BCUT2D eigenvalue weighted by atomic mass is 10.0. The fourth-order valence-corrected chi connectivity index (χ4v) is 2.72. The molecule has 0 aliphatic carbocycles. The van der Waals surface area contributed by atoms with Gasteiger partial charge >= 0.3 is 6.18 Å². The minimum Gasteiger partial charge on any atom is -0.385 e. The van der Waals surface area contributed by atoms with Gasteiger partial charge in [-0.15, -0.1) is 0 Å². The van der Waals surface area contributed by atoms with Crippen LogP contribution < -0.4 is 5.32 Å².